The number of methoxy groups -OCH3 is 1. The standard InChI is InChI=1S/C29H21BrN2O5/c1-36-29(35)19-11-9-18(10-12-19)25-24-26(37-32(25)21-15-13-20(30)14-16-21)28(34)31(27(24)33)23-8-4-6-17-5-2-3-7-22(17)23/h2-16,24-26H,1H3/t24-,25+,26+/m1/s1. The number of hydroxylamine groups is 1. The van der Waals surface area contributed by atoms with Gasteiger partial charge in [0.25, 0.3) is 5.91 Å². The molecule has 2 aliphatic rings. The quantitative estimate of drug-likeness (QED) is 0.246. The summed E-state index contributed by atoms with van der Waals surface area (Å²) in [6, 6.07) is 26.9. The van der Waals surface area contributed by atoms with Gasteiger partial charge in [-0.25, -0.2) is 14.8 Å². The first-order chi connectivity index (χ1) is 18.0. The number of fused-ring (bicyclic) bond motifs is 2. The smallest absolute Gasteiger partial charge is 0.337 e. The number of hydrogen-bond donors (Lipinski definition) is 0. The molecule has 8 heteroatoms. The van der Waals surface area contributed by atoms with Crippen LogP contribution in [0.3, 0.4) is 0 Å². The molecular weight excluding hydrogens is 536 g/mol. The molecule has 184 valence electrons. The minimum atomic E-state index is -0.986. The third-order valence-corrected chi connectivity index (χ3v) is 7.41. The lowest BCUT2D eigenvalue weighted by atomic mass is 9.90. The molecule has 2 amide bonds. The van der Waals surface area contributed by atoms with E-state index in [-0.39, 0.29) is 5.91 Å². The van der Waals surface area contributed by atoms with Gasteiger partial charge >= 0.3 is 5.97 Å². The minimum absolute atomic E-state index is 0.326. The Morgan fingerprint density at radius 3 is 2.30 bits per heavy atom. The van der Waals surface area contributed by atoms with Crippen LogP contribution in [0.5, 0.6) is 0 Å². The minimum Gasteiger partial charge on any atom is -0.465 e. The van der Waals surface area contributed by atoms with Gasteiger partial charge in [0, 0.05) is 9.86 Å². The molecule has 0 unspecified atom stereocenters. The summed E-state index contributed by atoms with van der Waals surface area (Å²) in [6.45, 7) is 0. The molecule has 2 saturated heterocycles. The molecule has 3 atom stereocenters. The average molecular weight is 557 g/mol. The summed E-state index contributed by atoms with van der Waals surface area (Å²) in [5, 5.41) is 3.38. The molecule has 2 heterocycles. The summed E-state index contributed by atoms with van der Waals surface area (Å²) in [4.78, 5) is 47.2. The number of esters is 1. The zero-order chi connectivity index (χ0) is 25.7. The van der Waals surface area contributed by atoms with Crippen LogP contribution < -0.4 is 9.96 Å². The summed E-state index contributed by atoms with van der Waals surface area (Å²) < 4.78 is 5.71. The Hall–Kier alpha value is -4.01. The number of amides is 2. The average Bonchev–Trinajstić information content (AvgIpc) is 3.44. The number of anilines is 2. The maximum Gasteiger partial charge on any atom is 0.337 e. The molecule has 2 aliphatic heterocycles. The van der Waals surface area contributed by atoms with Crippen molar-refractivity contribution in [2.75, 3.05) is 17.1 Å². The molecule has 4 aromatic rings. The summed E-state index contributed by atoms with van der Waals surface area (Å²) in [5.41, 5.74) is 2.38. The fraction of sp³-hybridized carbons (Fsp3) is 0.138. The van der Waals surface area contributed by atoms with E-state index in [2.05, 4.69) is 15.9 Å². The molecule has 7 nitrogen and oxygen atoms in total. The van der Waals surface area contributed by atoms with Gasteiger partial charge < -0.3 is 4.74 Å². The highest BCUT2D eigenvalue weighted by atomic mass is 79.9. The van der Waals surface area contributed by atoms with Crippen LogP contribution in [0.1, 0.15) is 22.0 Å². The highest BCUT2D eigenvalue weighted by Crippen LogP contribution is 2.48. The second kappa shape index (κ2) is 9.14. The van der Waals surface area contributed by atoms with Crippen LogP contribution in [0.2, 0.25) is 0 Å². The Bertz CT molecular complexity index is 1530. The monoisotopic (exact) mass is 556 g/mol. The van der Waals surface area contributed by atoms with Gasteiger partial charge in [0.1, 0.15) is 5.92 Å². The second-order valence-corrected chi connectivity index (χ2v) is 9.84. The molecule has 0 spiro atoms. The van der Waals surface area contributed by atoms with Gasteiger partial charge in [0.15, 0.2) is 6.10 Å². The number of rotatable bonds is 4. The van der Waals surface area contributed by atoms with Crippen molar-refractivity contribution in [2.45, 2.75) is 12.1 Å². The van der Waals surface area contributed by atoms with Crippen molar-refractivity contribution in [3.8, 4) is 0 Å². The van der Waals surface area contributed by atoms with Gasteiger partial charge in [0.05, 0.1) is 30.1 Å². The normalized spacial score (nSPS) is 21.0. The largest absolute Gasteiger partial charge is 0.465 e. The van der Waals surface area contributed by atoms with Gasteiger partial charge in [0.2, 0.25) is 5.91 Å². The highest BCUT2D eigenvalue weighted by molar-refractivity contribution is 9.10. The summed E-state index contributed by atoms with van der Waals surface area (Å²) in [7, 11) is 1.32. The van der Waals surface area contributed by atoms with Gasteiger partial charge in [-0.1, -0.05) is 64.5 Å². The van der Waals surface area contributed by atoms with Gasteiger partial charge in [-0.05, 0) is 53.4 Å². The van der Waals surface area contributed by atoms with Crippen molar-refractivity contribution < 1.29 is 24.0 Å². The van der Waals surface area contributed by atoms with Crippen LogP contribution in [-0.4, -0.2) is 31.0 Å². The summed E-state index contributed by atoms with van der Waals surface area (Å²) in [6.07, 6.45) is -0.986. The number of carbonyl (C=O) groups is 3. The van der Waals surface area contributed by atoms with Crippen molar-refractivity contribution in [1.29, 1.82) is 0 Å². The molecular formula is C29H21BrN2O5. The molecule has 4 aromatic carbocycles. The first-order valence-corrected chi connectivity index (χ1v) is 12.5. The van der Waals surface area contributed by atoms with Crippen LogP contribution in [0.4, 0.5) is 11.4 Å². The van der Waals surface area contributed by atoms with E-state index in [0.29, 0.717) is 16.9 Å². The zero-order valence-electron chi connectivity index (χ0n) is 19.7. The predicted molar refractivity (Wildman–Crippen MR) is 142 cm³/mol. The molecule has 2 fully saturated rings. The van der Waals surface area contributed by atoms with Crippen molar-refractivity contribution in [1.82, 2.24) is 0 Å². The Kier molecular flexibility index (Phi) is 5.78. The molecule has 0 bridgehead atoms. The first kappa shape index (κ1) is 23.4. The SMILES string of the molecule is COC(=O)c1ccc([C@H]2[C@H]3C(=O)N(c4cccc5ccccc45)C(=O)[C@H]3ON2c2ccc(Br)cc2)cc1. The second-order valence-electron chi connectivity index (χ2n) is 8.92. The maximum atomic E-state index is 14.0. The lowest BCUT2D eigenvalue weighted by molar-refractivity contribution is -0.126. The molecule has 0 saturated carbocycles. The number of halogens is 1. The Morgan fingerprint density at radius 2 is 1.57 bits per heavy atom. The topological polar surface area (TPSA) is 76.2 Å². The fourth-order valence-corrected chi connectivity index (χ4v) is 5.40. The van der Waals surface area contributed by atoms with E-state index in [1.54, 1.807) is 35.4 Å². The van der Waals surface area contributed by atoms with E-state index in [1.807, 2.05) is 60.7 Å². The van der Waals surface area contributed by atoms with Crippen molar-refractivity contribution in [3.63, 3.8) is 0 Å². The summed E-state index contributed by atoms with van der Waals surface area (Å²) >= 11 is 3.45. The number of carbonyl (C=O) groups excluding carboxylic acids is 3. The van der Waals surface area contributed by atoms with Crippen molar-refractivity contribution >= 4 is 55.9 Å². The fourth-order valence-electron chi connectivity index (χ4n) is 5.14. The highest BCUT2D eigenvalue weighted by Gasteiger charge is 2.60. The molecule has 37 heavy (non-hydrogen) atoms. The van der Waals surface area contributed by atoms with Crippen molar-refractivity contribution in [3.05, 3.63) is 107 Å². The van der Waals surface area contributed by atoms with Crippen LogP contribution >= 0.6 is 15.9 Å². The van der Waals surface area contributed by atoms with E-state index in [1.165, 1.54) is 12.0 Å². The molecule has 0 aliphatic carbocycles. The van der Waals surface area contributed by atoms with E-state index in [0.717, 1.165) is 20.8 Å². The van der Waals surface area contributed by atoms with E-state index in [9.17, 15) is 14.4 Å². The maximum absolute atomic E-state index is 14.0. The number of hydrogen-bond acceptors (Lipinski definition) is 6. The Balaban J connectivity index is 1.44. The number of benzene rings is 4. The van der Waals surface area contributed by atoms with Crippen LogP contribution in [0, 0.1) is 5.92 Å². The molecule has 0 N–H and O–H groups in total. The number of ether oxygens (including phenoxy) is 1. The number of nitrogens with zero attached hydrogens (tertiary/aromatic N) is 2. The third kappa shape index (κ3) is 3.80. The number of imide groups is 1. The lowest BCUT2D eigenvalue weighted by Crippen LogP contribution is -2.37. The molecule has 0 aromatic heterocycles. The van der Waals surface area contributed by atoms with E-state index >= 15 is 0 Å². The van der Waals surface area contributed by atoms with Crippen LogP contribution in [0.25, 0.3) is 10.8 Å². The van der Waals surface area contributed by atoms with E-state index in [4.69, 9.17) is 9.57 Å². The third-order valence-electron chi connectivity index (χ3n) is 6.88. The lowest BCUT2D eigenvalue weighted by Gasteiger charge is -2.29. The predicted octanol–water partition coefficient (Wildman–Crippen LogP) is 5.44. The first-order valence-electron chi connectivity index (χ1n) is 11.7. The van der Waals surface area contributed by atoms with E-state index < -0.39 is 29.9 Å². The van der Waals surface area contributed by atoms with Gasteiger partial charge in [-0.15, -0.1) is 0 Å². The van der Waals surface area contributed by atoms with Crippen LogP contribution in [0.15, 0.2) is 95.5 Å². The Labute approximate surface area is 221 Å². The summed E-state index contributed by atoms with van der Waals surface area (Å²) in [5.74, 6) is -1.96. The van der Waals surface area contributed by atoms with Gasteiger partial charge in [-0.3, -0.25) is 14.4 Å². The van der Waals surface area contributed by atoms with Crippen molar-refractivity contribution in [2.24, 2.45) is 5.92 Å². The zero-order valence-corrected chi connectivity index (χ0v) is 21.3. The van der Waals surface area contributed by atoms with Gasteiger partial charge in [-0.2, -0.15) is 0 Å². The Morgan fingerprint density at radius 1 is 0.865 bits per heavy atom. The van der Waals surface area contributed by atoms with Crippen LogP contribution in [-0.2, 0) is 19.2 Å². The molecule has 0 radical (unpaired) electrons. The molecule has 6 rings (SSSR count).